The molecular formula is C20H20N4O4. The lowest BCUT2D eigenvalue weighted by Gasteiger charge is -2.07. The standard InChI is InChI=1S/C20H20N4O4/c1-13(16-3-2-4-17(12-16)21-20(26)15-7-8-15)22-23-19(25)11-14-5-9-18(10-6-14)24(27)28/h2-6,9-10,12,15H,7-8,11H2,1H3,(H,21,26)(H,23,25)/b22-13-. The van der Waals surface area contributed by atoms with Crippen molar-refractivity contribution in [1.82, 2.24) is 5.43 Å². The summed E-state index contributed by atoms with van der Waals surface area (Å²) in [4.78, 5) is 34.1. The molecule has 0 bridgehead atoms. The molecule has 1 aliphatic carbocycles. The molecule has 0 atom stereocenters. The number of carbonyl (C=O) groups excluding carboxylic acids is 2. The minimum Gasteiger partial charge on any atom is -0.326 e. The third-order valence-electron chi connectivity index (χ3n) is 4.36. The Balaban J connectivity index is 1.57. The molecule has 28 heavy (non-hydrogen) atoms. The van der Waals surface area contributed by atoms with Crippen LogP contribution in [-0.2, 0) is 16.0 Å². The fraction of sp³-hybridized carbons (Fsp3) is 0.250. The second kappa shape index (κ2) is 8.43. The first-order chi connectivity index (χ1) is 13.4. The molecule has 0 aliphatic heterocycles. The van der Waals surface area contributed by atoms with E-state index in [0.717, 1.165) is 18.4 Å². The van der Waals surface area contributed by atoms with E-state index in [1.165, 1.54) is 12.1 Å². The number of anilines is 1. The summed E-state index contributed by atoms with van der Waals surface area (Å²) in [6.07, 6.45) is 1.94. The number of hydrazone groups is 1. The van der Waals surface area contributed by atoms with Crippen molar-refractivity contribution in [3.05, 3.63) is 69.8 Å². The zero-order chi connectivity index (χ0) is 20.1. The number of benzene rings is 2. The van der Waals surface area contributed by atoms with Crippen molar-refractivity contribution in [2.75, 3.05) is 5.32 Å². The Morgan fingerprint density at radius 1 is 1.18 bits per heavy atom. The molecule has 8 heteroatoms. The predicted octanol–water partition coefficient (Wildman–Crippen LogP) is 3.03. The maximum absolute atomic E-state index is 12.1. The number of nitrogens with zero attached hydrogens (tertiary/aromatic N) is 2. The summed E-state index contributed by atoms with van der Waals surface area (Å²) in [5.41, 5.74) is 5.19. The van der Waals surface area contributed by atoms with Gasteiger partial charge in [0.15, 0.2) is 0 Å². The molecule has 1 aliphatic rings. The zero-order valence-electron chi connectivity index (χ0n) is 15.3. The van der Waals surface area contributed by atoms with Gasteiger partial charge in [-0.2, -0.15) is 5.10 Å². The van der Waals surface area contributed by atoms with Crippen molar-refractivity contribution in [2.45, 2.75) is 26.2 Å². The number of nitrogens with one attached hydrogen (secondary N) is 2. The molecule has 0 aromatic heterocycles. The molecule has 2 aromatic carbocycles. The van der Waals surface area contributed by atoms with Gasteiger partial charge in [0.2, 0.25) is 11.8 Å². The fourth-order valence-corrected chi connectivity index (χ4v) is 2.58. The smallest absolute Gasteiger partial charge is 0.269 e. The predicted molar refractivity (Wildman–Crippen MR) is 105 cm³/mol. The number of nitro groups is 1. The van der Waals surface area contributed by atoms with Gasteiger partial charge in [-0.3, -0.25) is 19.7 Å². The van der Waals surface area contributed by atoms with Crippen molar-refractivity contribution < 1.29 is 14.5 Å². The minimum absolute atomic E-state index is 0.0216. The minimum atomic E-state index is -0.487. The third-order valence-corrected chi connectivity index (χ3v) is 4.36. The highest BCUT2D eigenvalue weighted by atomic mass is 16.6. The molecule has 3 rings (SSSR count). The molecule has 2 amide bonds. The monoisotopic (exact) mass is 380 g/mol. The van der Waals surface area contributed by atoms with Gasteiger partial charge < -0.3 is 5.32 Å². The van der Waals surface area contributed by atoms with E-state index in [0.29, 0.717) is 17.0 Å². The van der Waals surface area contributed by atoms with Crippen molar-refractivity contribution in [3.8, 4) is 0 Å². The van der Waals surface area contributed by atoms with Crippen LogP contribution in [0.25, 0.3) is 0 Å². The first-order valence-corrected chi connectivity index (χ1v) is 8.90. The Morgan fingerprint density at radius 3 is 2.54 bits per heavy atom. The second-order valence-corrected chi connectivity index (χ2v) is 6.68. The van der Waals surface area contributed by atoms with E-state index in [2.05, 4.69) is 15.8 Å². The van der Waals surface area contributed by atoms with Crippen LogP contribution in [0.15, 0.2) is 53.6 Å². The van der Waals surface area contributed by atoms with E-state index in [4.69, 9.17) is 0 Å². The number of rotatable bonds is 7. The van der Waals surface area contributed by atoms with Gasteiger partial charge in [0.25, 0.3) is 5.69 Å². The van der Waals surface area contributed by atoms with Crippen LogP contribution in [-0.4, -0.2) is 22.4 Å². The SMILES string of the molecule is C/C(=N/NC(=O)Cc1ccc([N+](=O)[O-])cc1)c1cccc(NC(=O)C2CC2)c1. The number of hydrogen-bond acceptors (Lipinski definition) is 5. The molecular weight excluding hydrogens is 360 g/mol. The van der Waals surface area contributed by atoms with Crippen LogP contribution in [0.3, 0.4) is 0 Å². The normalized spacial score (nSPS) is 13.7. The summed E-state index contributed by atoms with van der Waals surface area (Å²) in [6, 6.07) is 13.1. The summed E-state index contributed by atoms with van der Waals surface area (Å²) in [5, 5.41) is 17.6. The van der Waals surface area contributed by atoms with Crippen molar-refractivity contribution >= 4 is 28.9 Å². The first-order valence-electron chi connectivity index (χ1n) is 8.90. The van der Waals surface area contributed by atoms with Gasteiger partial charge in [-0.15, -0.1) is 0 Å². The van der Waals surface area contributed by atoms with Gasteiger partial charge in [0.1, 0.15) is 0 Å². The van der Waals surface area contributed by atoms with Crippen LogP contribution in [0.4, 0.5) is 11.4 Å². The fourth-order valence-electron chi connectivity index (χ4n) is 2.58. The highest BCUT2D eigenvalue weighted by Gasteiger charge is 2.29. The lowest BCUT2D eigenvalue weighted by Crippen LogP contribution is -2.21. The summed E-state index contributed by atoms with van der Waals surface area (Å²) in [7, 11) is 0. The number of nitro benzene ring substituents is 1. The molecule has 2 N–H and O–H groups in total. The summed E-state index contributed by atoms with van der Waals surface area (Å²) in [6.45, 7) is 1.76. The number of carbonyl (C=O) groups is 2. The topological polar surface area (TPSA) is 114 Å². The Bertz CT molecular complexity index is 933. The average Bonchev–Trinajstić information content (AvgIpc) is 3.52. The third kappa shape index (κ3) is 5.23. The Hall–Kier alpha value is -3.55. The van der Waals surface area contributed by atoms with Crippen LogP contribution in [0.1, 0.15) is 30.9 Å². The quantitative estimate of drug-likeness (QED) is 0.436. The van der Waals surface area contributed by atoms with Crippen LogP contribution in [0.5, 0.6) is 0 Å². The van der Waals surface area contributed by atoms with Gasteiger partial charge in [-0.25, -0.2) is 5.43 Å². The number of amides is 2. The van der Waals surface area contributed by atoms with Crippen molar-refractivity contribution in [2.24, 2.45) is 11.0 Å². The van der Waals surface area contributed by atoms with Crippen LogP contribution in [0, 0.1) is 16.0 Å². The Labute approximate surface area is 161 Å². The van der Waals surface area contributed by atoms with Crippen molar-refractivity contribution in [3.63, 3.8) is 0 Å². The molecule has 144 valence electrons. The second-order valence-electron chi connectivity index (χ2n) is 6.68. The van der Waals surface area contributed by atoms with Gasteiger partial charge >= 0.3 is 0 Å². The van der Waals surface area contributed by atoms with Crippen LogP contribution >= 0.6 is 0 Å². The highest BCUT2D eigenvalue weighted by molar-refractivity contribution is 6.01. The van der Waals surface area contributed by atoms with Crippen LogP contribution in [0.2, 0.25) is 0 Å². The molecule has 0 unspecified atom stereocenters. The van der Waals surface area contributed by atoms with E-state index in [1.807, 2.05) is 24.3 Å². The molecule has 8 nitrogen and oxygen atoms in total. The molecule has 0 spiro atoms. The zero-order valence-corrected chi connectivity index (χ0v) is 15.3. The summed E-state index contributed by atoms with van der Waals surface area (Å²) >= 11 is 0. The van der Waals surface area contributed by atoms with E-state index in [1.54, 1.807) is 19.1 Å². The van der Waals surface area contributed by atoms with E-state index in [-0.39, 0.29) is 29.8 Å². The Kier molecular flexibility index (Phi) is 5.78. The summed E-state index contributed by atoms with van der Waals surface area (Å²) in [5.74, 6) is -0.174. The van der Waals surface area contributed by atoms with E-state index >= 15 is 0 Å². The largest absolute Gasteiger partial charge is 0.326 e. The molecule has 0 saturated heterocycles. The maximum atomic E-state index is 12.1. The lowest BCUT2D eigenvalue weighted by molar-refractivity contribution is -0.384. The average molecular weight is 380 g/mol. The Morgan fingerprint density at radius 2 is 1.89 bits per heavy atom. The first kappa shape index (κ1) is 19.2. The summed E-state index contributed by atoms with van der Waals surface area (Å²) < 4.78 is 0. The van der Waals surface area contributed by atoms with Gasteiger partial charge in [0.05, 0.1) is 17.1 Å². The maximum Gasteiger partial charge on any atom is 0.269 e. The molecule has 1 saturated carbocycles. The van der Waals surface area contributed by atoms with E-state index in [9.17, 15) is 19.7 Å². The molecule has 1 fully saturated rings. The molecule has 2 aromatic rings. The number of hydrogen-bond donors (Lipinski definition) is 2. The lowest BCUT2D eigenvalue weighted by atomic mass is 10.1. The van der Waals surface area contributed by atoms with Gasteiger partial charge in [-0.1, -0.05) is 24.3 Å². The molecule has 0 heterocycles. The van der Waals surface area contributed by atoms with Crippen molar-refractivity contribution in [1.29, 1.82) is 0 Å². The van der Waals surface area contributed by atoms with Gasteiger partial charge in [-0.05, 0) is 43.0 Å². The van der Waals surface area contributed by atoms with E-state index < -0.39 is 4.92 Å². The number of non-ortho nitro benzene ring substituents is 1. The molecule has 0 radical (unpaired) electrons. The highest BCUT2D eigenvalue weighted by Crippen LogP contribution is 2.30. The van der Waals surface area contributed by atoms with Gasteiger partial charge in [0, 0.05) is 23.7 Å². The van der Waals surface area contributed by atoms with Crippen LogP contribution < -0.4 is 10.7 Å².